The van der Waals surface area contributed by atoms with Gasteiger partial charge in [0.15, 0.2) is 0 Å². The highest BCUT2D eigenvalue weighted by Crippen LogP contribution is 2.15. The first kappa shape index (κ1) is 8.07. The first-order chi connectivity index (χ1) is 6.29. The standard InChI is InChI=1S/C9H11N3O/c10-8-1-2-9-7(5-8)6-12(11-9)3-4-13/h1-2,5-6,13H,3-4,10H2. The van der Waals surface area contributed by atoms with Gasteiger partial charge in [-0.25, -0.2) is 0 Å². The van der Waals surface area contributed by atoms with Gasteiger partial charge < -0.3 is 10.8 Å². The zero-order valence-corrected chi connectivity index (χ0v) is 7.14. The molecule has 3 N–H and O–H groups in total. The Morgan fingerprint density at radius 2 is 2.31 bits per heavy atom. The number of hydrogen-bond donors (Lipinski definition) is 2. The summed E-state index contributed by atoms with van der Waals surface area (Å²) in [6.07, 6.45) is 1.88. The fourth-order valence-electron chi connectivity index (χ4n) is 1.31. The summed E-state index contributed by atoms with van der Waals surface area (Å²) in [5, 5.41) is 14.0. The van der Waals surface area contributed by atoms with Crippen molar-refractivity contribution in [3.05, 3.63) is 24.4 Å². The van der Waals surface area contributed by atoms with Crippen molar-refractivity contribution < 1.29 is 5.11 Å². The number of benzene rings is 1. The van der Waals surface area contributed by atoms with Gasteiger partial charge in [0.05, 0.1) is 18.7 Å². The van der Waals surface area contributed by atoms with Crippen LogP contribution in [0.5, 0.6) is 0 Å². The van der Waals surface area contributed by atoms with E-state index in [4.69, 9.17) is 10.8 Å². The van der Waals surface area contributed by atoms with E-state index in [1.165, 1.54) is 0 Å². The largest absolute Gasteiger partial charge is 0.399 e. The van der Waals surface area contributed by atoms with Crippen molar-refractivity contribution in [1.82, 2.24) is 9.78 Å². The highest BCUT2D eigenvalue weighted by Gasteiger charge is 1.99. The van der Waals surface area contributed by atoms with Crippen LogP contribution < -0.4 is 5.73 Å². The van der Waals surface area contributed by atoms with Crippen molar-refractivity contribution in [2.75, 3.05) is 12.3 Å². The van der Waals surface area contributed by atoms with Crippen LogP contribution in [-0.2, 0) is 6.54 Å². The Morgan fingerprint density at radius 1 is 1.46 bits per heavy atom. The maximum atomic E-state index is 8.71. The van der Waals surface area contributed by atoms with Crippen LogP contribution in [-0.4, -0.2) is 21.5 Å². The lowest BCUT2D eigenvalue weighted by atomic mass is 10.2. The van der Waals surface area contributed by atoms with Crippen LogP contribution in [0, 0.1) is 0 Å². The van der Waals surface area contributed by atoms with Gasteiger partial charge in [-0.05, 0) is 18.2 Å². The Bertz CT molecular complexity index is 422. The zero-order valence-electron chi connectivity index (χ0n) is 7.14. The maximum Gasteiger partial charge on any atom is 0.0924 e. The summed E-state index contributed by atoms with van der Waals surface area (Å²) in [5.41, 5.74) is 7.26. The summed E-state index contributed by atoms with van der Waals surface area (Å²) >= 11 is 0. The monoisotopic (exact) mass is 177 g/mol. The number of aliphatic hydroxyl groups excluding tert-OH is 1. The summed E-state index contributed by atoms with van der Waals surface area (Å²) in [4.78, 5) is 0. The normalized spacial score (nSPS) is 10.8. The molecule has 2 rings (SSSR count). The van der Waals surface area contributed by atoms with Crippen LogP contribution in [0.2, 0.25) is 0 Å². The lowest BCUT2D eigenvalue weighted by molar-refractivity contribution is 0.270. The van der Waals surface area contributed by atoms with E-state index >= 15 is 0 Å². The molecule has 0 saturated heterocycles. The van der Waals surface area contributed by atoms with Gasteiger partial charge in [0.2, 0.25) is 0 Å². The third kappa shape index (κ3) is 1.48. The van der Waals surface area contributed by atoms with Crippen LogP contribution >= 0.6 is 0 Å². The summed E-state index contributed by atoms with van der Waals surface area (Å²) in [6, 6.07) is 5.56. The Hall–Kier alpha value is -1.55. The number of nitrogen functional groups attached to an aromatic ring is 1. The number of aliphatic hydroxyl groups is 1. The van der Waals surface area contributed by atoms with Gasteiger partial charge in [0.1, 0.15) is 0 Å². The fourth-order valence-corrected chi connectivity index (χ4v) is 1.31. The topological polar surface area (TPSA) is 64.1 Å². The molecule has 0 fully saturated rings. The van der Waals surface area contributed by atoms with E-state index in [1.807, 2.05) is 24.4 Å². The molecule has 0 radical (unpaired) electrons. The Kier molecular flexibility index (Phi) is 1.90. The van der Waals surface area contributed by atoms with Crippen molar-refractivity contribution in [3.8, 4) is 0 Å². The molecule has 4 heteroatoms. The molecular formula is C9H11N3O. The fraction of sp³-hybridized carbons (Fsp3) is 0.222. The van der Waals surface area contributed by atoms with Crippen molar-refractivity contribution >= 4 is 16.6 Å². The van der Waals surface area contributed by atoms with E-state index in [1.54, 1.807) is 4.68 Å². The Morgan fingerprint density at radius 3 is 3.08 bits per heavy atom. The SMILES string of the molecule is Nc1ccc2nn(CCO)cc2c1. The molecule has 0 saturated carbocycles. The predicted octanol–water partition coefficient (Wildman–Crippen LogP) is 0.611. The van der Waals surface area contributed by atoms with Crippen molar-refractivity contribution in [3.63, 3.8) is 0 Å². The molecule has 0 aliphatic carbocycles. The first-order valence-corrected chi connectivity index (χ1v) is 4.13. The molecule has 0 amide bonds. The van der Waals surface area contributed by atoms with E-state index < -0.39 is 0 Å². The van der Waals surface area contributed by atoms with Gasteiger partial charge in [0, 0.05) is 17.3 Å². The van der Waals surface area contributed by atoms with Crippen molar-refractivity contribution in [2.24, 2.45) is 0 Å². The number of hydrogen-bond acceptors (Lipinski definition) is 3. The zero-order chi connectivity index (χ0) is 9.26. The second kappa shape index (κ2) is 3.06. The summed E-state index contributed by atoms with van der Waals surface area (Å²) in [7, 11) is 0. The van der Waals surface area contributed by atoms with Gasteiger partial charge in [-0.15, -0.1) is 0 Å². The number of fused-ring (bicyclic) bond motifs is 1. The molecule has 0 spiro atoms. The van der Waals surface area contributed by atoms with Crippen LogP contribution in [0.25, 0.3) is 10.9 Å². The molecule has 0 unspecified atom stereocenters. The van der Waals surface area contributed by atoms with Gasteiger partial charge in [-0.2, -0.15) is 5.10 Å². The third-order valence-electron chi connectivity index (χ3n) is 1.90. The first-order valence-electron chi connectivity index (χ1n) is 4.13. The second-order valence-corrected chi connectivity index (χ2v) is 2.93. The third-order valence-corrected chi connectivity index (χ3v) is 1.90. The van der Waals surface area contributed by atoms with E-state index in [0.717, 1.165) is 16.6 Å². The Labute approximate surface area is 75.6 Å². The molecule has 0 aliphatic rings. The molecule has 68 valence electrons. The van der Waals surface area contributed by atoms with Gasteiger partial charge in [-0.3, -0.25) is 4.68 Å². The summed E-state index contributed by atoms with van der Waals surface area (Å²) in [5.74, 6) is 0. The number of rotatable bonds is 2. The van der Waals surface area contributed by atoms with Crippen molar-refractivity contribution in [2.45, 2.75) is 6.54 Å². The van der Waals surface area contributed by atoms with Gasteiger partial charge in [-0.1, -0.05) is 0 Å². The minimum absolute atomic E-state index is 0.101. The molecule has 13 heavy (non-hydrogen) atoms. The molecule has 1 aromatic heterocycles. The molecule has 2 aromatic rings. The highest BCUT2D eigenvalue weighted by atomic mass is 16.3. The predicted molar refractivity (Wildman–Crippen MR) is 51.2 cm³/mol. The number of nitrogens with two attached hydrogens (primary N) is 1. The number of anilines is 1. The average Bonchev–Trinajstić information content (AvgIpc) is 2.46. The lowest BCUT2D eigenvalue weighted by Gasteiger charge is -1.92. The molecule has 4 nitrogen and oxygen atoms in total. The summed E-state index contributed by atoms with van der Waals surface area (Å²) < 4.78 is 1.71. The van der Waals surface area contributed by atoms with Crippen LogP contribution in [0.4, 0.5) is 5.69 Å². The van der Waals surface area contributed by atoms with Gasteiger partial charge >= 0.3 is 0 Å². The minimum atomic E-state index is 0.101. The van der Waals surface area contributed by atoms with E-state index in [0.29, 0.717) is 6.54 Å². The highest BCUT2D eigenvalue weighted by molar-refractivity contribution is 5.81. The summed E-state index contributed by atoms with van der Waals surface area (Å²) in [6.45, 7) is 0.623. The second-order valence-electron chi connectivity index (χ2n) is 2.93. The molecular weight excluding hydrogens is 166 g/mol. The lowest BCUT2D eigenvalue weighted by Crippen LogP contribution is -2.01. The smallest absolute Gasteiger partial charge is 0.0924 e. The molecule has 0 bridgehead atoms. The molecule has 0 aliphatic heterocycles. The van der Waals surface area contributed by atoms with Crippen LogP contribution in [0.3, 0.4) is 0 Å². The van der Waals surface area contributed by atoms with E-state index in [9.17, 15) is 0 Å². The van der Waals surface area contributed by atoms with Crippen LogP contribution in [0.1, 0.15) is 0 Å². The Balaban J connectivity index is 2.49. The number of nitrogens with zero attached hydrogens (tertiary/aromatic N) is 2. The maximum absolute atomic E-state index is 8.71. The van der Waals surface area contributed by atoms with E-state index in [2.05, 4.69) is 5.10 Å². The van der Waals surface area contributed by atoms with Crippen LogP contribution in [0.15, 0.2) is 24.4 Å². The van der Waals surface area contributed by atoms with Gasteiger partial charge in [0.25, 0.3) is 0 Å². The molecule has 1 heterocycles. The van der Waals surface area contributed by atoms with Crippen molar-refractivity contribution in [1.29, 1.82) is 0 Å². The average molecular weight is 177 g/mol. The minimum Gasteiger partial charge on any atom is -0.399 e. The molecule has 1 aromatic carbocycles. The number of aromatic nitrogens is 2. The van der Waals surface area contributed by atoms with E-state index in [-0.39, 0.29) is 6.61 Å². The molecule has 0 atom stereocenters. The quantitative estimate of drug-likeness (QED) is 0.660.